The van der Waals surface area contributed by atoms with Crippen LogP contribution in [0.3, 0.4) is 0 Å². The van der Waals surface area contributed by atoms with E-state index in [1.165, 1.54) is 0 Å². The van der Waals surface area contributed by atoms with Gasteiger partial charge in [0.25, 0.3) is 0 Å². The Kier molecular flexibility index (Phi) is 7.06. The maximum Gasteiger partial charge on any atom is 0.119 e. The van der Waals surface area contributed by atoms with E-state index in [0.717, 1.165) is 24.3 Å². The van der Waals surface area contributed by atoms with Crippen molar-refractivity contribution in [1.82, 2.24) is 0 Å². The average molecular weight is 257 g/mol. The van der Waals surface area contributed by atoms with Crippen LogP contribution in [0.4, 0.5) is 0 Å². The van der Waals surface area contributed by atoms with Crippen LogP contribution in [0.15, 0.2) is 24.3 Å². The van der Waals surface area contributed by atoms with Gasteiger partial charge in [-0.15, -0.1) is 11.6 Å². The standard InChI is InChI=1S/C14H21ClO2/c1-12(2)7-8-16-9-10-17-14-5-3-13(11-15)4-6-14/h3-6,12H,7-11H2,1-2H3. The predicted octanol–water partition coefficient (Wildman–Crippen LogP) is 3.87. The van der Waals surface area contributed by atoms with Gasteiger partial charge in [-0.05, 0) is 30.0 Å². The van der Waals surface area contributed by atoms with Crippen LogP contribution in [0.5, 0.6) is 5.75 Å². The summed E-state index contributed by atoms with van der Waals surface area (Å²) in [4.78, 5) is 0. The first-order valence-corrected chi connectivity index (χ1v) is 6.61. The minimum absolute atomic E-state index is 0.540. The quantitative estimate of drug-likeness (QED) is 0.519. The molecule has 0 aromatic heterocycles. The molecule has 0 saturated heterocycles. The summed E-state index contributed by atoms with van der Waals surface area (Å²) in [5.41, 5.74) is 1.10. The van der Waals surface area contributed by atoms with Crippen LogP contribution in [0, 0.1) is 5.92 Å². The van der Waals surface area contributed by atoms with Crippen LogP contribution in [0.1, 0.15) is 25.8 Å². The molecule has 0 spiro atoms. The van der Waals surface area contributed by atoms with E-state index in [2.05, 4.69) is 13.8 Å². The van der Waals surface area contributed by atoms with E-state index in [0.29, 0.717) is 25.0 Å². The van der Waals surface area contributed by atoms with Crippen molar-refractivity contribution in [2.45, 2.75) is 26.1 Å². The molecule has 3 heteroatoms. The molecule has 1 rings (SSSR count). The maximum atomic E-state index is 5.71. The largest absolute Gasteiger partial charge is 0.491 e. The molecule has 96 valence electrons. The monoisotopic (exact) mass is 256 g/mol. The van der Waals surface area contributed by atoms with E-state index >= 15 is 0 Å². The third-order valence-corrected chi connectivity index (χ3v) is 2.72. The summed E-state index contributed by atoms with van der Waals surface area (Å²) in [6, 6.07) is 7.82. The van der Waals surface area contributed by atoms with E-state index in [1.54, 1.807) is 0 Å². The molecule has 0 aliphatic carbocycles. The van der Waals surface area contributed by atoms with Gasteiger partial charge in [0, 0.05) is 12.5 Å². The van der Waals surface area contributed by atoms with E-state index in [-0.39, 0.29) is 0 Å². The molecule has 1 aromatic carbocycles. The van der Waals surface area contributed by atoms with Crippen LogP contribution < -0.4 is 4.74 Å². The molecule has 0 bridgehead atoms. The van der Waals surface area contributed by atoms with Crippen molar-refractivity contribution in [1.29, 1.82) is 0 Å². The van der Waals surface area contributed by atoms with E-state index < -0.39 is 0 Å². The molecule has 0 heterocycles. The molecule has 2 nitrogen and oxygen atoms in total. The molecule has 17 heavy (non-hydrogen) atoms. The number of hydrogen-bond acceptors (Lipinski definition) is 2. The third kappa shape index (κ3) is 6.54. The number of alkyl halides is 1. The minimum Gasteiger partial charge on any atom is -0.491 e. The van der Waals surface area contributed by atoms with Gasteiger partial charge in [0.2, 0.25) is 0 Å². The first-order valence-electron chi connectivity index (χ1n) is 6.08. The molecule has 0 saturated carbocycles. The second kappa shape index (κ2) is 8.37. The van der Waals surface area contributed by atoms with Gasteiger partial charge in [0.1, 0.15) is 12.4 Å². The summed E-state index contributed by atoms with van der Waals surface area (Å²) >= 11 is 5.71. The summed E-state index contributed by atoms with van der Waals surface area (Å²) in [7, 11) is 0. The molecule has 0 fully saturated rings. The fourth-order valence-electron chi connectivity index (χ4n) is 1.31. The number of ether oxygens (including phenoxy) is 2. The van der Waals surface area contributed by atoms with Crippen molar-refractivity contribution < 1.29 is 9.47 Å². The molecule has 1 aromatic rings. The van der Waals surface area contributed by atoms with Crippen molar-refractivity contribution in [3.8, 4) is 5.75 Å². The highest BCUT2D eigenvalue weighted by Gasteiger charge is 1.96. The molecule has 0 N–H and O–H groups in total. The van der Waals surface area contributed by atoms with E-state index in [1.807, 2.05) is 24.3 Å². The Labute approximate surface area is 109 Å². The Hall–Kier alpha value is -0.730. The van der Waals surface area contributed by atoms with Crippen LogP contribution >= 0.6 is 11.6 Å². The molecular formula is C14H21ClO2. The van der Waals surface area contributed by atoms with Gasteiger partial charge in [0.15, 0.2) is 0 Å². The van der Waals surface area contributed by atoms with Crippen LogP contribution in [0.25, 0.3) is 0 Å². The minimum atomic E-state index is 0.540. The van der Waals surface area contributed by atoms with E-state index in [9.17, 15) is 0 Å². The van der Waals surface area contributed by atoms with Gasteiger partial charge in [-0.1, -0.05) is 26.0 Å². The zero-order valence-corrected chi connectivity index (χ0v) is 11.4. The van der Waals surface area contributed by atoms with Crippen molar-refractivity contribution in [3.05, 3.63) is 29.8 Å². The summed E-state index contributed by atoms with van der Waals surface area (Å²) in [6.07, 6.45) is 1.10. The lowest BCUT2D eigenvalue weighted by Gasteiger charge is -2.08. The second-order valence-electron chi connectivity index (χ2n) is 4.42. The highest BCUT2D eigenvalue weighted by Crippen LogP contribution is 2.13. The topological polar surface area (TPSA) is 18.5 Å². The molecule has 0 unspecified atom stereocenters. The summed E-state index contributed by atoms with van der Waals surface area (Å²) in [5, 5.41) is 0. The zero-order chi connectivity index (χ0) is 12.5. The van der Waals surface area contributed by atoms with Gasteiger partial charge in [0.05, 0.1) is 6.61 Å². The average Bonchev–Trinajstić information content (AvgIpc) is 2.34. The summed E-state index contributed by atoms with van der Waals surface area (Å²) in [5.74, 6) is 2.10. The van der Waals surface area contributed by atoms with Gasteiger partial charge in [-0.2, -0.15) is 0 Å². The molecule has 0 atom stereocenters. The number of rotatable bonds is 8. The Morgan fingerprint density at radius 2 is 1.76 bits per heavy atom. The number of halogens is 1. The molecule has 0 aliphatic rings. The van der Waals surface area contributed by atoms with Gasteiger partial charge >= 0.3 is 0 Å². The maximum absolute atomic E-state index is 5.71. The summed E-state index contributed by atoms with van der Waals surface area (Å²) in [6.45, 7) is 6.44. The number of hydrogen-bond donors (Lipinski definition) is 0. The fourth-order valence-corrected chi connectivity index (χ4v) is 1.49. The lowest BCUT2D eigenvalue weighted by atomic mass is 10.1. The summed E-state index contributed by atoms with van der Waals surface area (Å²) < 4.78 is 11.0. The van der Waals surface area contributed by atoms with Crippen molar-refractivity contribution in [2.24, 2.45) is 5.92 Å². The third-order valence-electron chi connectivity index (χ3n) is 2.41. The van der Waals surface area contributed by atoms with Gasteiger partial charge < -0.3 is 9.47 Å². The first-order chi connectivity index (χ1) is 8.22. The van der Waals surface area contributed by atoms with Crippen LogP contribution in [-0.4, -0.2) is 19.8 Å². The normalized spacial score (nSPS) is 10.8. The van der Waals surface area contributed by atoms with Crippen molar-refractivity contribution in [3.63, 3.8) is 0 Å². The van der Waals surface area contributed by atoms with Gasteiger partial charge in [-0.3, -0.25) is 0 Å². The van der Waals surface area contributed by atoms with Gasteiger partial charge in [-0.25, -0.2) is 0 Å². The highest BCUT2D eigenvalue weighted by molar-refractivity contribution is 6.17. The first kappa shape index (κ1) is 14.3. The smallest absolute Gasteiger partial charge is 0.119 e. The molecule has 0 radical (unpaired) electrons. The molecule has 0 amide bonds. The lowest BCUT2D eigenvalue weighted by molar-refractivity contribution is 0.0926. The second-order valence-corrected chi connectivity index (χ2v) is 4.69. The van der Waals surface area contributed by atoms with Crippen molar-refractivity contribution >= 4 is 11.6 Å². The highest BCUT2D eigenvalue weighted by atomic mass is 35.5. The molecule has 0 aliphatic heterocycles. The Balaban J connectivity index is 2.09. The van der Waals surface area contributed by atoms with Crippen LogP contribution in [0.2, 0.25) is 0 Å². The molecular weight excluding hydrogens is 236 g/mol. The Morgan fingerprint density at radius 1 is 1.06 bits per heavy atom. The SMILES string of the molecule is CC(C)CCOCCOc1ccc(CCl)cc1. The Morgan fingerprint density at radius 3 is 2.35 bits per heavy atom. The van der Waals surface area contributed by atoms with E-state index in [4.69, 9.17) is 21.1 Å². The predicted molar refractivity (Wildman–Crippen MR) is 71.8 cm³/mol. The fraction of sp³-hybridized carbons (Fsp3) is 0.571. The van der Waals surface area contributed by atoms with Crippen LogP contribution in [-0.2, 0) is 10.6 Å². The lowest BCUT2D eigenvalue weighted by Crippen LogP contribution is -2.08. The number of benzene rings is 1. The van der Waals surface area contributed by atoms with Crippen molar-refractivity contribution in [2.75, 3.05) is 19.8 Å². The Bertz CT molecular complexity index is 296. The zero-order valence-electron chi connectivity index (χ0n) is 10.6.